The number of aliphatic hydroxyl groups excluding tert-OH is 3. The average molecular weight is 1700 g/mol. The zero-order chi connectivity index (χ0) is 87.5. The smallest absolute Gasteiger partial charge is 0.410 e. The fourth-order valence-electron chi connectivity index (χ4n) is 20.0. The van der Waals surface area contributed by atoms with Crippen molar-refractivity contribution in [1.29, 1.82) is 0 Å². The molecule has 682 valence electrons. The van der Waals surface area contributed by atoms with Crippen molar-refractivity contribution in [3.8, 4) is 0 Å². The molecule has 3 saturated carbocycles. The Morgan fingerprint density at radius 2 is 0.762 bits per heavy atom. The molecule has 12 aliphatic rings. The van der Waals surface area contributed by atoms with Gasteiger partial charge in [0.25, 0.3) is 0 Å². The van der Waals surface area contributed by atoms with E-state index in [9.17, 15) is 48.9 Å². The number of rotatable bonds is 29. The lowest BCUT2D eigenvalue weighted by Crippen LogP contribution is -2.46. The van der Waals surface area contributed by atoms with Gasteiger partial charge in [0.1, 0.15) is 77.5 Å². The summed E-state index contributed by atoms with van der Waals surface area (Å²) in [6, 6.07) is 0.0466. The number of carbonyl (C=O) groups excluding carboxylic acids is 7. The first-order valence-corrected chi connectivity index (χ1v) is 46.2. The van der Waals surface area contributed by atoms with Gasteiger partial charge in [-0.2, -0.15) is 0 Å². The maximum Gasteiger partial charge on any atom is 0.410 e. The Morgan fingerprint density at radius 1 is 0.434 bits per heavy atom. The molecule has 9 heterocycles. The van der Waals surface area contributed by atoms with Crippen LogP contribution in [0.1, 0.15) is 239 Å². The summed E-state index contributed by atoms with van der Waals surface area (Å²) >= 11 is 0. The number of nitrogens with zero attached hydrogens (tertiary/aromatic N) is 3. The number of ketones is 4. The number of hydrogen-bond donors (Lipinski definition) is 3. The molecule has 3 spiro atoms. The summed E-state index contributed by atoms with van der Waals surface area (Å²) in [4.78, 5) is 92.2. The predicted molar refractivity (Wildman–Crippen MR) is 474 cm³/mol. The molecular formula is C100H153N3O19. The highest BCUT2D eigenvalue weighted by Crippen LogP contribution is 2.47. The van der Waals surface area contributed by atoms with E-state index in [2.05, 4.69) is 99.3 Å². The lowest BCUT2D eigenvalue weighted by Gasteiger charge is -2.38. The molecular weight excluding hydrogens is 1550 g/mol. The van der Waals surface area contributed by atoms with Gasteiger partial charge in [0.15, 0.2) is 17.3 Å². The molecule has 122 heavy (non-hydrogen) atoms. The van der Waals surface area contributed by atoms with Gasteiger partial charge in [0.05, 0.1) is 45.7 Å². The van der Waals surface area contributed by atoms with Gasteiger partial charge < -0.3 is 72.7 Å². The van der Waals surface area contributed by atoms with E-state index in [0.717, 1.165) is 127 Å². The van der Waals surface area contributed by atoms with Gasteiger partial charge >= 0.3 is 18.3 Å². The number of allylic oxidation sites excluding steroid dienone is 12. The number of hydrogen-bond acceptors (Lipinski definition) is 19. The molecule has 12 rings (SSSR count). The van der Waals surface area contributed by atoms with Crippen molar-refractivity contribution < 1.29 is 91.5 Å². The van der Waals surface area contributed by atoms with Crippen molar-refractivity contribution in [2.45, 2.75) is 317 Å². The molecule has 3 N–H and O–H groups in total. The van der Waals surface area contributed by atoms with Crippen LogP contribution >= 0.6 is 0 Å². The third kappa shape index (κ3) is 28.8. The molecule has 0 aromatic carbocycles. The normalized spacial score (nSPS) is 36.3. The van der Waals surface area contributed by atoms with Crippen LogP contribution < -0.4 is 0 Å². The van der Waals surface area contributed by atoms with E-state index < -0.39 is 42.7 Å². The summed E-state index contributed by atoms with van der Waals surface area (Å²) in [5, 5.41) is 31.6. The van der Waals surface area contributed by atoms with E-state index in [4.69, 9.17) is 42.6 Å². The first-order valence-electron chi connectivity index (χ1n) is 46.2. The molecule has 9 aliphatic heterocycles. The summed E-state index contributed by atoms with van der Waals surface area (Å²) < 4.78 is 50.4. The SMILES string of the molecule is C.C=C(C)C1CCCN1C(=O)O[C@@H](C)/C=C\C(=O)C[C@@H]1C[C@H](C)[C@H](C/C=C(C)/C=C/C2OCC[C@@]3(CO3)[C@@H]2O)C[C@@H]1C.CC(/C=C/C1OCC[C@@]2(CO2)[C@@H]1O)=C\C[C@@H]1C[C@H](C)[C@H](CC(=O)/C=C\[C@H](C)OC(=O)N2CCCCC2)C[C@@H]1C.CC(=O)C1CCN(C(=O)O[C@@H](C)/C=C\C(=O)C[C@@H]2C[C@H](C)[C@H](C/C=C(C)/C=C/C3OCC[C@@]4(CO4)[C@@H]3O)C[C@@H]2C)C1. The molecule has 22 nitrogen and oxygen atoms in total. The summed E-state index contributed by atoms with van der Waals surface area (Å²) in [6.45, 7) is 39.7. The number of aliphatic hydroxyl groups is 3. The average Bonchev–Trinajstić information content (AvgIpc) is 1.62. The Morgan fingerprint density at radius 3 is 1.09 bits per heavy atom. The van der Waals surface area contributed by atoms with E-state index in [0.29, 0.717) is 156 Å². The fourth-order valence-corrected chi connectivity index (χ4v) is 20.0. The van der Waals surface area contributed by atoms with Crippen LogP contribution in [0.4, 0.5) is 14.4 Å². The molecule has 0 aromatic heterocycles. The highest BCUT2D eigenvalue weighted by atomic mass is 16.6. The van der Waals surface area contributed by atoms with E-state index >= 15 is 0 Å². The summed E-state index contributed by atoms with van der Waals surface area (Å²) in [7, 11) is 0. The second-order valence-corrected chi connectivity index (χ2v) is 38.8. The van der Waals surface area contributed by atoms with Crippen LogP contribution in [0.3, 0.4) is 0 Å². The molecule has 12 fully saturated rings. The van der Waals surface area contributed by atoms with E-state index in [1.807, 2.05) is 38.2 Å². The van der Waals surface area contributed by atoms with Crippen molar-refractivity contribution in [2.24, 2.45) is 76.9 Å². The molecule has 26 atom stereocenters. The topological polar surface area (TPSA) is 283 Å². The quantitative estimate of drug-likeness (QED) is 0.0206. The van der Waals surface area contributed by atoms with E-state index in [-0.39, 0.29) is 89.8 Å². The number of ether oxygens (including phenoxy) is 9. The maximum atomic E-state index is 12.8. The van der Waals surface area contributed by atoms with Gasteiger partial charge in [-0.3, -0.25) is 19.2 Å². The third-order valence-electron chi connectivity index (χ3n) is 29.0. The van der Waals surface area contributed by atoms with Gasteiger partial charge in [-0.1, -0.05) is 133 Å². The van der Waals surface area contributed by atoms with E-state index in [1.54, 1.807) is 71.9 Å². The maximum absolute atomic E-state index is 12.8. The minimum Gasteiger partial charge on any atom is -0.442 e. The van der Waals surface area contributed by atoms with Gasteiger partial charge in [-0.25, -0.2) is 14.4 Å². The fraction of sp³-hybridized carbons (Fsp3) is 0.730. The minimum absolute atomic E-state index is 0. The summed E-state index contributed by atoms with van der Waals surface area (Å²) in [5.74, 6) is 6.16. The van der Waals surface area contributed by atoms with Gasteiger partial charge in [0, 0.05) is 77.2 Å². The number of piperidine rings is 1. The first kappa shape index (κ1) is 99.3. The Labute approximate surface area is 730 Å². The number of amides is 3. The Bertz CT molecular complexity index is 3770. The Balaban J connectivity index is 0.000000207. The molecule has 0 radical (unpaired) electrons. The van der Waals surface area contributed by atoms with Gasteiger partial charge in [0.2, 0.25) is 0 Å². The first-order chi connectivity index (χ1) is 57.6. The van der Waals surface area contributed by atoms with Crippen molar-refractivity contribution in [2.75, 3.05) is 72.4 Å². The Kier molecular flexibility index (Phi) is 37.7. The van der Waals surface area contributed by atoms with Crippen LogP contribution in [0.25, 0.3) is 0 Å². The Hall–Kier alpha value is -6.47. The van der Waals surface area contributed by atoms with Crippen molar-refractivity contribution in [1.82, 2.24) is 14.7 Å². The van der Waals surface area contributed by atoms with Crippen molar-refractivity contribution in [3.63, 3.8) is 0 Å². The van der Waals surface area contributed by atoms with E-state index in [1.165, 1.54) is 17.6 Å². The second kappa shape index (κ2) is 46.3. The molecule has 0 bridgehead atoms. The zero-order valence-corrected chi connectivity index (χ0v) is 75.5. The lowest BCUT2D eigenvalue weighted by atomic mass is 9.67. The zero-order valence-electron chi connectivity index (χ0n) is 75.5. The monoisotopic (exact) mass is 1700 g/mol. The van der Waals surface area contributed by atoms with Gasteiger partial charge in [-0.15, -0.1) is 0 Å². The largest absolute Gasteiger partial charge is 0.442 e. The molecule has 3 amide bonds. The van der Waals surface area contributed by atoms with Gasteiger partial charge in [-0.05, 0) is 259 Å². The number of Topliss-reactive ketones (excluding diaryl/α,β-unsaturated/α-hetero) is 1. The number of likely N-dealkylation sites (tertiary alicyclic amines) is 3. The van der Waals surface area contributed by atoms with Crippen LogP contribution in [0, 0.1) is 76.9 Å². The summed E-state index contributed by atoms with van der Waals surface area (Å²) in [5.41, 5.74) is 3.37. The third-order valence-corrected chi connectivity index (χ3v) is 29.0. The van der Waals surface area contributed by atoms with Crippen LogP contribution in [0.15, 0.2) is 120 Å². The highest BCUT2D eigenvalue weighted by Gasteiger charge is 2.58. The molecule has 22 heteroatoms. The highest BCUT2D eigenvalue weighted by molar-refractivity contribution is 5.91. The summed E-state index contributed by atoms with van der Waals surface area (Å²) in [6.07, 6.45) is 42.7. The van der Waals surface area contributed by atoms with Crippen molar-refractivity contribution >= 4 is 41.4 Å². The second-order valence-electron chi connectivity index (χ2n) is 38.8. The van der Waals surface area contributed by atoms with Crippen LogP contribution in [0.2, 0.25) is 0 Å². The van der Waals surface area contributed by atoms with Crippen molar-refractivity contribution in [3.05, 3.63) is 120 Å². The minimum atomic E-state index is -0.608. The van der Waals surface area contributed by atoms with Crippen LogP contribution in [-0.4, -0.2) is 222 Å². The predicted octanol–water partition coefficient (Wildman–Crippen LogP) is 17.5. The van der Waals surface area contributed by atoms with Crippen LogP contribution in [-0.2, 0) is 61.8 Å². The molecule has 5 unspecified atom stereocenters. The standard InChI is InChI=1S/C34H51NO6.C33H49NO7.C32H49NO6.CH4/c1-22(2)30-8-7-16-35(30)33(38)41-26(6)11-13-29(36)20-28-19-24(4)27(18-25(28)5)12-9-23(3)10-14-31-32(37)34(21-40-34)15-17-39-31;1-21(7-11-30-31(37)33(20-40-33)13-15-39-30)6-9-26-16-23(3)28(17-22(26)2)18-29(36)10-8-24(4)41-32(38)34-14-12-27(19-34)25(5)35;1-22(9-13-29-30(35)32(21-38-32)14-17-37-29)8-11-26-18-24(3)27(19-23(26)2)20-28(34)12-10-25(4)39-31(36)33-15-6-5-7-16-33;/h9-11,13-14,24-28,30-32,37H,1,7-8,12,15-21H2,2-6H3;6-8,10-11,22-24,26-28,30-31,37H,9,12-20H2,1-5H3;8-10,12-13,23-27,29-30,35H,5-7,11,14-21H2,1-4H3;1H4/b13-11-,14-10+,23-9+;10-8-,11-7+,21-6+;12-10-,13-9+,22-8+;/t24-,25-,26-,27+,28-,30?,31?,32+,34+;22-,23-,24-,26+,27?,28-,30?,31+,33+;23-,24-,25-,26+,27-,29?,30+,32+;/m000./s1. The lowest BCUT2D eigenvalue weighted by molar-refractivity contribution is -0.120. The molecule has 0 aromatic rings. The van der Waals surface area contributed by atoms with Crippen LogP contribution in [0.5, 0.6) is 0 Å². The molecule has 3 aliphatic carbocycles. The number of carbonyl (C=O) groups is 7. The number of epoxide rings is 3. The molecule has 9 saturated heterocycles.